The summed E-state index contributed by atoms with van der Waals surface area (Å²) >= 11 is 0. The standard InChI is InChI=1S/C34H40N8O4/c1-22-36-28-29(31(43)42(22)27-14-8-11-23-10-6-7-13-26(23)27)37-32(45-21-25-12-9-17-39(25)5)38-30(28)40-18-19-41(24(20-40)15-16-35)33(44)46-34(2,3)4/h6-8,10-11,13-14,24-25H,9,12,15,17-21H2,1-5H3/t24-,25-/m0/s1. The lowest BCUT2D eigenvalue weighted by Gasteiger charge is -2.41. The monoisotopic (exact) mass is 624 g/mol. The van der Waals surface area contributed by atoms with Crippen molar-refractivity contribution < 1.29 is 14.3 Å². The number of amides is 1. The van der Waals surface area contributed by atoms with E-state index in [0.29, 0.717) is 49.1 Å². The number of hydrogen-bond acceptors (Lipinski definition) is 10. The Labute approximate surface area is 268 Å². The van der Waals surface area contributed by atoms with Gasteiger partial charge in [-0.25, -0.2) is 9.78 Å². The quantitative estimate of drug-likeness (QED) is 0.303. The third-order valence-electron chi connectivity index (χ3n) is 8.67. The van der Waals surface area contributed by atoms with Crippen LogP contribution in [0.5, 0.6) is 6.01 Å². The Hall–Kier alpha value is -4.76. The second kappa shape index (κ2) is 12.6. The van der Waals surface area contributed by atoms with Crippen LogP contribution in [0.1, 0.15) is 45.9 Å². The van der Waals surface area contributed by atoms with Gasteiger partial charge in [0.25, 0.3) is 5.56 Å². The number of ether oxygens (including phenoxy) is 2. The molecule has 2 fully saturated rings. The maximum atomic E-state index is 14.4. The second-order valence-electron chi connectivity index (χ2n) is 13.0. The molecule has 0 unspecified atom stereocenters. The lowest BCUT2D eigenvalue weighted by molar-refractivity contribution is 0.0145. The number of nitriles is 1. The molecule has 1 amide bonds. The van der Waals surface area contributed by atoms with Crippen molar-refractivity contribution in [3.05, 3.63) is 58.6 Å². The number of fused-ring (bicyclic) bond motifs is 2. The Balaban J connectivity index is 1.44. The van der Waals surface area contributed by atoms with Gasteiger partial charge in [0.2, 0.25) is 0 Å². The Morgan fingerprint density at radius 1 is 1.02 bits per heavy atom. The van der Waals surface area contributed by atoms with E-state index in [0.717, 1.165) is 30.2 Å². The minimum Gasteiger partial charge on any atom is -0.462 e. The zero-order valence-corrected chi connectivity index (χ0v) is 27.1. The first-order valence-corrected chi connectivity index (χ1v) is 15.8. The first-order chi connectivity index (χ1) is 22.0. The molecule has 46 heavy (non-hydrogen) atoms. The number of hydrogen-bond donors (Lipinski definition) is 0. The number of aromatic nitrogens is 4. The van der Waals surface area contributed by atoms with Crippen LogP contribution >= 0.6 is 0 Å². The molecule has 0 N–H and O–H groups in total. The molecule has 2 atom stereocenters. The van der Waals surface area contributed by atoms with E-state index in [2.05, 4.69) is 23.0 Å². The molecule has 0 aliphatic carbocycles. The molecule has 0 spiro atoms. The third-order valence-corrected chi connectivity index (χ3v) is 8.67. The van der Waals surface area contributed by atoms with Crippen LogP contribution in [-0.4, -0.2) is 92.9 Å². The fourth-order valence-corrected chi connectivity index (χ4v) is 6.36. The van der Waals surface area contributed by atoms with Crippen molar-refractivity contribution in [3.63, 3.8) is 0 Å². The highest BCUT2D eigenvalue weighted by Crippen LogP contribution is 2.29. The van der Waals surface area contributed by atoms with Gasteiger partial charge in [-0.05, 0) is 65.6 Å². The van der Waals surface area contributed by atoms with Crippen LogP contribution in [0.2, 0.25) is 0 Å². The van der Waals surface area contributed by atoms with Crippen LogP contribution < -0.4 is 15.2 Å². The molecular weight excluding hydrogens is 584 g/mol. The number of benzene rings is 2. The molecule has 6 rings (SSSR count). The molecule has 2 aromatic heterocycles. The number of anilines is 1. The molecule has 4 aromatic rings. The number of carbonyl (C=O) groups is 1. The lowest BCUT2D eigenvalue weighted by atomic mass is 10.1. The predicted octanol–water partition coefficient (Wildman–Crippen LogP) is 4.45. The van der Waals surface area contributed by atoms with Crippen molar-refractivity contribution in [1.29, 1.82) is 5.26 Å². The maximum Gasteiger partial charge on any atom is 0.410 e. The molecule has 0 radical (unpaired) electrons. The Morgan fingerprint density at radius 2 is 1.80 bits per heavy atom. The van der Waals surface area contributed by atoms with E-state index in [-0.39, 0.29) is 29.5 Å². The lowest BCUT2D eigenvalue weighted by Crippen LogP contribution is -2.56. The fourth-order valence-electron chi connectivity index (χ4n) is 6.36. The highest BCUT2D eigenvalue weighted by molar-refractivity contribution is 5.91. The largest absolute Gasteiger partial charge is 0.462 e. The van der Waals surface area contributed by atoms with Crippen LogP contribution in [0.4, 0.5) is 10.6 Å². The van der Waals surface area contributed by atoms with Crippen molar-refractivity contribution in [1.82, 2.24) is 29.3 Å². The second-order valence-corrected chi connectivity index (χ2v) is 13.0. The Kier molecular flexibility index (Phi) is 8.53. The highest BCUT2D eigenvalue weighted by atomic mass is 16.6. The van der Waals surface area contributed by atoms with Crippen molar-refractivity contribution >= 4 is 33.7 Å². The van der Waals surface area contributed by atoms with Gasteiger partial charge in [-0.3, -0.25) is 9.36 Å². The van der Waals surface area contributed by atoms with Gasteiger partial charge >= 0.3 is 12.1 Å². The van der Waals surface area contributed by atoms with Crippen LogP contribution in [0.25, 0.3) is 27.5 Å². The molecule has 2 aliphatic heterocycles. The first kappa shape index (κ1) is 31.2. The Bertz CT molecular complexity index is 1870. The topological polar surface area (TPSA) is 130 Å². The summed E-state index contributed by atoms with van der Waals surface area (Å²) in [6.07, 6.45) is 1.75. The SMILES string of the molecule is Cc1nc2c(N3CCN(C(=O)OC(C)(C)C)[C@@H](CC#N)C3)nc(OC[C@@H]3CCCN3C)nc2c(=O)n1-c1cccc2ccccc12. The van der Waals surface area contributed by atoms with Crippen molar-refractivity contribution in [3.8, 4) is 17.8 Å². The molecular formula is C34H40N8O4. The highest BCUT2D eigenvalue weighted by Gasteiger charge is 2.35. The van der Waals surface area contributed by atoms with E-state index >= 15 is 0 Å². The maximum absolute atomic E-state index is 14.4. The number of likely N-dealkylation sites (tertiary alicyclic amines) is 1. The summed E-state index contributed by atoms with van der Waals surface area (Å²) in [6.45, 7) is 9.64. The number of piperazine rings is 1. The summed E-state index contributed by atoms with van der Waals surface area (Å²) in [4.78, 5) is 47.7. The van der Waals surface area contributed by atoms with E-state index < -0.39 is 17.7 Å². The van der Waals surface area contributed by atoms with E-state index in [4.69, 9.17) is 19.4 Å². The van der Waals surface area contributed by atoms with E-state index in [1.54, 1.807) is 16.4 Å². The fraction of sp³-hybridized carbons (Fsp3) is 0.471. The van der Waals surface area contributed by atoms with E-state index in [1.165, 1.54) is 0 Å². The van der Waals surface area contributed by atoms with Crippen LogP contribution in [0, 0.1) is 18.3 Å². The third kappa shape index (κ3) is 6.20. The molecule has 4 heterocycles. The van der Waals surface area contributed by atoms with Gasteiger partial charge in [0.05, 0.1) is 24.2 Å². The van der Waals surface area contributed by atoms with Gasteiger partial charge in [0.15, 0.2) is 11.3 Å². The predicted molar refractivity (Wildman–Crippen MR) is 175 cm³/mol. The van der Waals surface area contributed by atoms with Gasteiger partial charge in [0.1, 0.15) is 23.5 Å². The van der Waals surface area contributed by atoms with Gasteiger partial charge in [-0.15, -0.1) is 0 Å². The molecule has 0 bridgehead atoms. The number of nitrogens with zero attached hydrogens (tertiary/aromatic N) is 8. The number of carbonyl (C=O) groups excluding carboxylic acids is 1. The van der Waals surface area contributed by atoms with E-state index in [9.17, 15) is 14.9 Å². The number of aryl methyl sites for hydroxylation is 1. The van der Waals surface area contributed by atoms with Crippen LogP contribution in [-0.2, 0) is 4.74 Å². The molecule has 0 saturated carbocycles. The van der Waals surface area contributed by atoms with E-state index in [1.807, 2.05) is 68.1 Å². The molecule has 240 valence electrons. The summed E-state index contributed by atoms with van der Waals surface area (Å²) < 4.78 is 13.4. The first-order valence-electron chi connectivity index (χ1n) is 15.8. The minimum absolute atomic E-state index is 0.0985. The number of rotatable bonds is 6. The molecule has 2 aromatic carbocycles. The van der Waals surface area contributed by atoms with Gasteiger partial charge in [0, 0.05) is 31.1 Å². The molecule has 2 saturated heterocycles. The molecule has 2 aliphatic rings. The van der Waals surface area contributed by atoms with Gasteiger partial charge < -0.3 is 24.2 Å². The summed E-state index contributed by atoms with van der Waals surface area (Å²) in [5, 5.41) is 11.6. The molecule has 12 nitrogen and oxygen atoms in total. The van der Waals surface area contributed by atoms with Crippen molar-refractivity contribution in [2.75, 3.05) is 44.7 Å². The van der Waals surface area contributed by atoms with Crippen molar-refractivity contribution in [2.24, 2.45) is 0 Å². The number of likely N-dealkylation sites (N-methyl/N-ethyl adjacent to an activating group) is 1. The zero-order valence-electron chi connectivity index (χ0n) is 27.1. The average molecular weight is 625 g/mol. The Morgan fingerprint density at radius 3 is 2.54 bits per heavy atom. The van der Waals surface area contributed by atoms with Crippen LogP contribution in [0.3, 0.4) is 0 Å². The van der Waals surface area contributed by atoms with Gasteiger partial charge in [-0.2, -0.15) is 15.2 Å². The van der Waals surface area contributed by atoms with Crippen molar-refractivity contribution in [2.45, 2.75) is 64.6 Å². The van der Waals surface area contributed by atoms with Crippen LogP contribution in [0.15, 0.2) is 47.3 Å². The summed E-state index contributed by atoms with van der Waals surface area (Å²) in [6, 6.07) is 15.8. The minimum atomic E-state index is -0.667. The smallest absolute Gasteiger partial charge is 0.410 e. The zero-order chi connectivity index (χ0) is 32.6. The van der Waals surface area contributed by atoms with Gasteiger partial charge in [-0.1, -0.05) is 36.4 Å². The average Bonchev–Trinajstić information content (AvgIpc) is 3.43. The summed E-state index contributed by atoms with van der Waals surface area (Å²) in [7, 11) is 2.07. The summed E-state index contributed by atoms with van der Waals surface area (Å²) in [5.41, 5.74) is 0.214. The summed E-state index contributed by atoms with van der Waals surface area (Å²) in [5.74, 6) is 0.928. The molecule has 12 heteroatoms. The normalized spacial score (nSPS) is 19.0.